The monoisotopic (exact) mass is 498 g/mol. The minimum Gasteiger partial charge on any atom is -0.497 e. The summed E-state index contributed by atoms with van der Waals surface area (Å²) in [7, 11) is 3.09. The Balaban J connectivity index is 1.38. The topological polar surface area (TPSA) is 72.4 Å². The number of ether oxygens (including phenoxy) is 2. The number of rotatable bonds is 10. The lowest BCUT2D eigenvalue weighted by Crippen LogP contribution is -2.29. The Morgan fingerprint density at radius 2 is 2.14 bits per heavy atom. The van der Waals surface area contributed by atoms with Gasteiger partial charge in [0.1, 0.15) is 5.75 Å². The third-order valence-corrected chi connectivity index (χ3v) is 7.31. The smallest absolute Gasteiger partial charge is 0.330 e. The molecular formula is C30H34N4O3. The Bertz CT molecular complexity index is 1420. The van der Waals surface area contributed by atoms with Crippen LogP contribution in [0.25, 0.3) is 17.0 Å². The van der Waals surface area contributed by atoms with Crippen molar-refractivity contribution in [2.75, 3.05) is 20.8 Å². The molecule has 37 heavy (non-hydrogen) atoms. The summed E-state index contributed by atoms with van der Waals surface area (Å²) in [6, 6.07) is 13.1. The van der Waals surface area contributed by atoms with Crippen LogP contribution in [0.5, 0.6) is 5.75 Å². The molecule has 0 saturated heterocycles. The van der Waals surface area contributed by atoms with Crippen molar-refractivity contribution in [3.63, 3.8) is 0 Å². The molecule has 1 atom stereocenters. The van der Waals surface area contributed by atoms with Crippen molar-refractivity contribution in [3.8, 4) is 5.75 Å². The van der Waals surface area contributed by atoms with Gasteiger partial charge in [-0.05, 0) is 66.6 Å². The lowest BCUT2D eigenvalue weighted by molar-refractivity contribution is -0.134. The molecular weight excluding hydrogens is 464 g/mol. The highest BCUT2D eigenvalue weighted by Crippen LogP contribution is 2.37. The SMILES string of the molecule is CCn1cc(CN(CCc2c[nH]c3cc(OC)ccc23)C2CCc3cc(/C=C/C(=O)OC)ccc32)cn1. The molecule has 192 valence electrons. The molecule has 0 spiro atoms. The van der Waals surface area contributed by atoms with Crippen molar-refractivity contribution >= 4 is 22.9 Å². The fourth-order valence-corrected chi connectivity index (χ4v) is 5.33. The maximum absolute atomic E-state index is 11.5. The number of aromatic amines is 1. The summed E-state index contributed by atoms with van der Waals surface area (Å²) in [5.41, 5.74) is 7.40. The number of fused-ring (bicyclic) bond motifs is 2. The molecule has 1 aliphatic carbocycles. The molecule has 0 amide bonds. The van der Waals surface area contributed by atoms with E-state index in [9.17, 15) is 4.79 Å². The first kappa shape index (κ1) is 24.8. The van der Waals surface area contributed by atoms with Gasteiger partial charge in [0.25, 0.3) is 0 Å². The number of benzene rings is 2. The fraction of sp³-hybridized carbons (Fsp3) is 0.333. The van der Waals surface area contributed by atoms with E-state index in [2.05, 4.69) is 64.6 Å². The van der Waals surface area contributed by atoms with Crippen molar-refractivity contribution < 1.29 is 14.3 Å². The zero-order chi connectivity index (χ0) is 25.8. The number of hydrogen-bond donors (Lipinski definition) is 1. The second kappa shape index (κ2) is 11.0. The first-order valence-corrected chi connectivity index (χ1v) is 12.9. The predicted molar refractivity (Wildman–Crippen MR) is 145 cm³/mol. The lowest BCUT2D eigenvalue weighted by Gasteiger charge is -2.29. The van der Waals surface area contributed by atoms with Gasteiger partial charge in [-0.25, -0.2) is 4.79 Å². The second-order valence-electron chi connectivity index (χ2n) is 9.52. The molecule has 0 bridgehead atoms. The summed E-state index contributed by atoms with van der Waals surface area (Å²) in [5.74, 6) is 0.520. The molecule has 1 N–H and O–H groups in total. The number of nitrogens with zero attached hydrogens (tertiary/aromatic N) is 3. The maximum atomic E-state index is 11.5. The quantitative estimate of drug-likeness (QED) is 0.237. The first-order valence-electron chi connectivity index (χ1n) is 12.9. The van der Waals surface area contributed by atoms with Crippen LogP contribution < -0.4 is 4.74 Å². The van der Waals surface area contributed by atoms with Crippen LogP contribution in [0, 0.1) is 0 Å². The van der Waals surface area contributed by atoms with Gasteiger partial charge < -0.3 is 14.5 Å². The average molecular weight is 499 g/mol. The van der Waals surface area contributed by atoms with Gasteiger partial charge in [-0.2, -0.15) is 5.10 Å². The molecule has 2 aromatic carbocycles. The molecule has 2 heterocycles. The van der Waals surface area contributed by atoms with Crippen molar-refractivity contribution in [3.05, 3.63) is 88.9 Å². The Kier molecular flexibility index (Phi) is 7.42. The third kappa shape index (κ3) is 5.47. The molecule has 1 unspecified atom stereocenters. The van der Waals surface area contributed by atoms with Gasteiger partial charge in [-0.15, -0.1) is 0 Å². The van der Waals surface area contributed by atoms with Gasteiger partial charge in [-0.1, -0.05) is 18.2 Å². The van der Waals surface area contributed by atoms with E-state index in [4.69, 9.17) is 9.47 Å². The number of esters is 1. The second-order valence-corrected chi connectivity index (χ2v) is 9.52. The number of aromatic nitrogens is 3. The lowest BCUT2D eigenvalue weighted by atomic mass is 10.0. The molecule has 7 nitrogen and oxygen atoms in total. The molecule has 0 radical (unpaired) electrons. The fourth-order valence-electron chi connectivity index (χ4n) is 5.33. The van der Waals surface area contributed by atoms with Crippen LogP contribution in [0.1, 0.15) is 47.2 Å². The van der Waals surface area contributed by atoms with E-state index in [1.54, 1.807) is 7.11 Å². The van der Waals surface area contributed by atoms with Crippen LogP contribution in [0.4, 0.5) is 0 Å². The molecule has 1 aliphatic rings. The number of H-pyrrole nitrogens is 1. The Morgan fingerprint density at radius 1 is 1.24 bits per heavy atom. The van der Waals surface area contributed by atoms with Crippen LogP contribution in [0.3, 0.4) is 0 Å². The predicted octanol–water partition coefficient (Wildman–Crippen LogP) is 5.31. The van der Waals surface area contributed by atoms with E-state index in [1.807, 2.05) is 23.0 Å². The summed E-state index contributed by atoms with van der Waals surface area (Å²) < 4.78 is 12.1. The zero-order valence-electron chi connectivity index (χ0n) is 21.7. The molecule has 0 aliphatic heterocycles. The Hall–Kier alpha value is -3.84. The van der Waals surface area contributed by atoms with Gasteiger partial charge in [0, 0.05) is 66.7 Å². The number of carbonyl (C=O) groups excluding carboxylic acids is 1. The van der Waals surface area contributed by atoms with E-state index >= 15 is 0 Å². The summed E-state index contributed by atoms with van der Waals surface area (Å²) in [6.45, 7) is 4.77. The van der Waals surface area contributed by atoms with Crippen molar-refractivity contribution in [2.24, 2.45) is 0 Å². The highest BCUT2D eigenvalue weighted by molar-refractivity contribution is 5.87. The number of hydrogen-bond acceptors (Lipinski definition) is 5. The number of aryl methyl sites for hydroxylation is 2. The van der Waals surface area contributed by atoms with Crippen LogP contribution in [-0.4, -0.2) is 46.4 Å². The van der Waals surface area contributed by atoms with Crippen LogP contribution in [0.2, 0.25) is 0 Å². The summed E-state index contributed by atoms with van der Waals surface area (Å²) in [6.07, 6.45) is 12.6. The summed E-state index contributed by atoms with van der Waals surface area (Å²) >= 11 is 0. The molecule has 5 rings (SSSR count). The van der Waals surface area contributed by atoms with Crippen LogP contribution in [-0.2, 0) is 35.5 Å². The van der Waals surface area contributed by atoms with Gasteiger partial charge in [-0.3, -0.25) is 9.58 Å². The molecule has 2 aromatic heterocycles. The summed E-state index contributed by atoms with van der Waals surface area (Å²) in [5, 5.41) is 5.75. The highest BCUT2D eigenvalue weighted by atomic mass is 16.5. The van der Waals surface area contributed by atoms with Gasteiger partial charge >= 0.3 is 5.97 Å². The first-order chi connectivity index (χ1) is 18.1. The standard InChI is InChI=1S/C30H34N4O3/c1-4-34-20-22(17-32-34)19-33(14-13-24-18-31-28-16-25(36-2)8-10-26(24)28)29-11-7-23-15-21(5-9-27(23)29)6-12-30(35)37-3/h5-6,8-10,12,15-18,20,29,31H,4,7,11,13-14,19H2,1-3H3/b12-6+. The zero-order valence-corrected chi connectivity index (χ0v) is 21.7. The maximum Gasteiger partial charge on any atom is 0.330 e. The van der Waals surface area contributed by atoms with E-state index < -0.39 is 0 Å². The number of carbonyl (C=O) groups is 1. The average Bonchev–Trinajstić information content (AvgIpc) is 3.67. The van der Waals surface area contributed by atoms with E-state index in [0.717, 1.165) is 55.7 Å². The van der Waals surface area contributed by atoms with Gasteiger partial charge in [0.2, 0.25) is 0 Å². The van der Waals surface area contributed by atoms with Crippen molar-refractivity contribution in [1.82, 2.24) is 19.7 Å². The van der Waals surface area contributed by atoms with Crippen molar-refractivity contribution in [1.29, 1.82) is 0 Å². The number of nitrogens with one attached hydrogen (secondary N) is 1. The van der Waals surface area contributed by atoms with E-state index in [-0.39, 0.29) is 5.97 Å². The largest absolute Gasteiger partial charge is 0.497 e. The van der Waals surface area contributed by atoms with Crippen LogP contribution in [0.15, 0.2) is 61.1 Å². The Labute approximate surface area is 217 Å². The Morgan fingerprint density at radius 3 is 2.92 bits per heavy atom. The van der Waals surface area contributed by atoms with Gasteiger partial charge in [0.05, 0.1) is 20.4 Å². The summed E-state index contributed by atoms with van der Waals surface area (Å²) in [4.78, 5) is 17.5. The van der Waals surface area contributed by atoms with Crippen molar-refractivity contribution in [2.45, 2.75) is 45.3 Å². The van der Waals surface area contributed by atoms with Gasteiger partial charge in [0.15, 0.2) is 0 Å². The molecule has 7 heteroatoms. The van der Waals surface area contributed by atoms with E-state index in [1.165, 1.54) is 40.8 Å². The number of methoxy groups -OCH3 is 2. The highest BCUT2D eigenvalue weighted by Gasteiger charge is 2.28. The minimum absolute atomic E-state index is 0.337. The molecule has 0 fully saturated rings. The molecule has 0 saturated carbocycles. The van der Waals surface area contributed by atoms with E-state index in [0.29, 0.717) is 6.04 Å². The molecule has 4 aromatic rings. The normalized spacial score (nSPS) is 15.1. The minimum atomic E-state index is -0.340. The van der Waals surface area contributed by atoms with Crippen LogP contribution >= 0.6 is 0 Å². The third-order valence-electron chi connectivity index (χ3n) is 7.31.